The van der Waals surface area contributed by atoms with E-state index in [1.54, 1.807) is 19.1 Å². The molecule has 0 fully saturated rings. The van der Waals surface area contributed by atoms with Crippen molar-refractivity contribution in [3.05, 3.63) is 35.8 Å². The van der Waals surface area contributed by atoms with Crippen LogP contribution in [0, 0.1) is 11.3 Å². The Morgan fingerprint density at radius 1 is 1.63 bits per heavy atom. The molecule has 0 unspecified atom stereocenters. The number of anilines is 1. The van der Waals surface area contributed by atoms with Gasteiger partial charge in [-0.15, -0.1) is 0 Å². The highest BCUT2D eigenvalue weighted by atomic mass is 16.5. The van der Waals surface area contributed by atoms with E-state index >= 15 is 0 Å². The molecule has 0 aromatic carbocycles. The van der Waals surface area contributed by atoms with Crippen LogP contribution >= 0.6 is 0 Å². The number of aromatic nitrogens is 3. The van der Waals surface area contributed by atoms with Gasteiger partial charge in [-0.25, -0.2) is 14.5 Å². The SMILES string of the molecule is CCOC(=O)c1nn(-c2cc(C#N)ccn2)cc1N. The molecule has 0 saturated carbocycles. The molecule has 2 aromatic heterocycles. The zero-order chi connectivity index (χ0) is 13.8. The second-order valence-electron chi connectivity index (χ2n) is 3.61. The Labute approximate surface area is 109 Å². The lowest BCUT2D eigenvalue weighted by atomic mass is 10.3. The van der Waals surface area contributed by atoms with Crippen LogP contribution in [-0.2, 0) is 4.74 Å². The minimum atomic E-state index is -0.588. The van der Waals surface area contributed by atoms with Crippen LogP contribution in [0.25, 0.3) is 5.82 Å². The van der Waals surface area contributed by atoms with Gasteiger partial charge in [0.2, 0.25) is 0 Å². The van der Waals surface area contributed by atoms with Gasteiger partial charge in [-0.3, -0.25) is 0 Å². The molecule has 0 bridgehead atoms. The molecule has 96 valence electrons. The van der Waals surface area contributed by atoms with E-state index in [1.165, 1.54) is 17.1 Å². The Bertz CT molecular complexity index is 656. The predicted molar refractivity (Wildman–Crippen MR) is 66.4 cm³/mol. The van der Waals surface area contributed by atoms with Crippen molar-refractivity contribution in [2.75, 3.05) is 12.3 Å². The van der Waals surface area contributed by atoms with Crippen molar-refractivity contribution in [2.45, 2.75) is 6.92 Å². The fourth-order valence-corrected chi connectivity index (χ4v) is 1.48. The number of pyridine rings is 1. The van der Waals surface area contributed by atoms with Crippen molar-refractivity contribution in [1.29, 1.82) is 5.26 Å². The highest BCUT2D eigenvalue weighted by Crippen LogP contribution is 2.14. The first-order chi connectivity index (χ1) is 9.15. The van der Waals surface area contributed by atoms with Crippen LogP contribution in [0.1, 0.15) is 23.0 Å². The lowest BCUT2D eigenvalue weighted by Gasteiger charge is -2.00. The van der Waals surface area contributed by atoms with Gasteiger partial charge in [0.25, 0.3) is 0 Å². The van der Waals surface area contributed by atoms with Crippen LogP contribution in [-0.4, -0.2) is 27.3 Å². The Kier molecular flexibility index (Phi) is 3.43. The van der Waals surface area contributed by atoms with Crippen LogP contribution in [0.4, 0.5) is 5.69 Å². The van der Waals surface area contributed by atoms with Crippen LogP contribution in [0.15, 0.2) is 24.5 Å². The zero-order valence-electron chi connectivity index (χ0n) is 10.2. The van der Waals surface area contributed by atoms with E-state index in [-0.39, 0.29) is 18.0 Å². The minimum absolute atomic E-state index is 0.0333. The lowest BCUT2D eigenvalue weighted by Crippen LogP contribution is -2.08. The summed E-state index contributed by atoms with van der Waals surface area (Å²) in [6.45, 7) is 1.94. The average Bonchev–Trinajstić information content (AvgIpc) is 2.81. The molecule has 0 atom stereocenters. The standard InChI is InChI=1S/C12H11N5O2/c1-2-19-12(18)11-9(14)7-17(16-11)10-5-8(6-13)3-4-15-10/h3-5,7H,2,14H2,1H3. The Morgan fingerprint density at radius 2 is 2.42 bits per heavy atom. The lowest BCUT2D eigenvalue weighted by molar-refractivity contribution is 0.0520. The number of rotatable bonds is 3. The highest BCUT2D eigenvalue weighted by molar-refractivity contribution is 5.92. The molecule has 0 spiro atoms. The van der Waals surface area contributed by atoms with Crippen molar-refractivity contribution in [3.8, 4) is 11.9 Å². The van der Waals surface area contributed by atoms with Crippen molar-refractivity contribution in [2.24, 2.45) is 0 Å². The third kappa shape index (κ3) is 2.52. The first-order valence-electron chi connectivity index (χ1n) is 5.54. The molecule has 19 heavy (non-hydrogen) atoms. The number of carbonyl (C=O) groups excluding carboxylic acids is 1. The predicted octanol–water partition coefficient (Wildman–Crippen LogP) is 0.898. The normalized spacial score (nSPS) is 9.89. The number of nitrogens with two attached hydrogens (primary N) is 1. The maximum absolute atomic E-state index is 11.6. The fraction of sp³-hybridized carbons (Fsp3) is 0.167. The minimum Gasteiger partial charge on any atom is -0.461 e. The van der Waals surface area contributed by atoms with E-state index in [2.05, 4.69) is 10.1 Å². The van der Waals surface area contributed by atoms with Gasteiger partial charge in [0.1, 0.15) is 0 Å². The number of nitrogen functional groups attached to an aromatic ring is 1. The summed E-state index contributed by atoms with van der Waals surface area (Å²) in [6.07, 6.45) is 2.94. The largest absolute Gasteiger partial charge is 0.461 e. The van der Waals surface area contributed by atoms with Gasteiger partial charge in [0.15, 0.2) is 11.5 Å². The number of nitriles is 1. The molecule has 0 aliphatic rings. The van der Waals surface area contributed by atoms with Gasteiger partial charge in [0.05, 0.1) is 30.1 Å². The van der Waals surface area contributed by atoms with E-state index in [4.69, 9.17) is 15.7 Å². The maximum atomic E-state index is 11.6. The molecule has 0 amide bonds. The number of nitrogens with zero attached hydrogens (tertiary/aromatic N) is 4. The topological polar surface area (TPSA) is 107 Å². The Balaban J connectivity index is 2.39. The van der Waals surface area contributed by atoms with Crippen molar-refractivity contribution in [1.82, 2.24) is 14.8 Å². The summed E-state index contributed by atoms with van der Waals surface area (Å²) in [5.74, 6) is -0.184. The molecular weight excluding hydrogens is 246 g/mol. The molecule has 0 radical (unpaired) electrons. The molecule has 2 heterocycles. The van der Waals surface area contributed by atoms with E-state index in [0.29, 0.717) is 11.4 Å². The van der Waals surface area contributed by atoms with Crippen LogP contribution in [0.3, 0.4) is 0 Å². The van der Waals surface area contributed by atoms with Gasteiger partial charge >= 0.3 is 5.97 Å². The second-order valence-corrected chi connectivity index (χ2v) is 3.61. The summed E-state index contributed by atoms with van der Waals surface area (Å²) in [5, 5.41) is 12.8. The zero-order valence-corrected chi connectivity index (χ0v) is 10.2. The number of carbonyl (C=O) groups is 1. The highest BCUT2D eigenvalue weighted by Gasteiger charge is 2.16. The second kappa shape index (κ2) is 5.18. The smallest absolute Gasteiger partial charge is 0.361 e. The van der Waals surface area contributed by atoms with E-state index in [0.717, 1.165) is 0 Å². The first-order valence-corrected chi connectivity index (χ1v) is 5.54. The molecule has 0 aliphatic heterocycles. The molecule has 0 aliphatic carbocycles. The average molecular weight is 257 g/mol. The molecular formula is C12H11N5O2. The van der Waals surface area contributed by atoms with Gasteiger partial charge in [-0.2, -0.15) is 10.4 Å². The molecule has 7 heteroatoms. The summed E-state index contributed by atoms with van der Waals surface area (Å²) < 4.78 is 6.17. The quantitative estimate of drug-likeness (QED) is 0.818. The first kappa shape index (κ1) is 12.6. The summed E-state index contributed by atoms with van der Waals surface area (Å²) in [5.41, 5.74) is 6.38. The van der Waals surface area contributed by atoms with Gasteiger partial charge in [0, 0.05) is 12.3 Å². The molecule has 0 saturated heterocycles. The summed E-state index contributed by atoms with van der Waals surface area (Å²) in [7, 11) is 0. The van der Waals surface area contributed by atoms with Gasteiger partial charge in [-0.1, -0.05) is 0 Å². The van der Waals surface area contributed by atoms with Crippen LogP contribution in [0.2, 0.25) is 0 Å². The molecule has 2 rings (SSSR count). The van der Waals surface area contributed by atoms with Crippen LogP contribution < -0.4 is 5.73 Å². The van der Waals surface area contributed by atoms with E-state index < -0.39 is 5.97 Å². The van der Waals surface area contributed by atoms with Crippen molar-refractivity contribution in [3.63, 3.8) is 0 Å². The fourth-order valence-electron chi connectivity index (χ4n) is 1.48. The molecule has 7 nitrogen and oxygen atoms in total. The maximum Gasteiger partial charge on any atom is 0.361 e. The summed E-state index contributed by atoms with van der Waals surface area (Å²) in [6, 6.07) is 5.11. The van der Waals surface area contributed by atoms with Crippen LogP contribution in [0.5, 0.6) is 0 Å². The summed E-state index contributed by atoms with van der Waals surface area (Å²) >= 11 is 0. The van der Waals surface area contributed by atoms with E-state index in [1.807, 2.05) is 6.07 Å². The molecule has 2 N–H and O–H groups in total. The van der Waals surface area contributed by atoms with Gasteiger partial charge in [-0.05, 0) is 13.0 Å². The third-order valence-electron chi connectivity index (χ3n) is 2.32. The molecule has 2 aromatic rings. The third-order valence-corrected chi connectivity index (χ3v) is 2.32. The Morgan fingerprint density at radius 3 is 3.11 bits per heavy atom. The summed E-state index contributed by atoms with van der Waals surface area (Å²) in [4.78, 5) is 15.6. The number of esters is 1. The van der Waals surface area contributed by atoms with Crippen molar-refractivity contribution >= 4 is 11.7 Å². The Hall–Kier alpha value is -2.88. The van der Waals surface area contributed by atoms with Crippen molar-refractivity contribution < 1.29 is 9.53 Å². The monoisotopic (exact) mass is 257 g/mol. The number of hydrogen-bond donors (Lipinski definition) is 1. The van der Waals surface area contributed by atoms with Gasteiger partial charge < -0.3 is 10.5 Å². The van der Waals surface area contributed by atoms with E-state index in [9.17, 15) is 4.79 Å². The number of ether oxygens (including phenoxy) is 1. The number of hydrogen-bond acceptors (Lipinski definition) is 6.